The van der Waals surface area contributed by atoms with Crippen molar-refractivity contribution in [2.75, 3.05) is 12.3 Å². The molecule has 4 heterocycles. The Morgan fingerprint density at radius 1 is 1.54 bits per heavy atom. The number of nitrogens with one attached hydrogen (secondary N) is 1. The second-order valence-corrected chi connectivity index (χ2v) is 10.8. The number of alkyl halides is 2. The molecule has 5 atom stereocenters. The van der Waals surface area contributed by atoms with Gasteiger partial charge in [0.2, 0.25) is 4.58 Å². The second kappa shape index (κ2) is 9.56. The predicted molar refractivity (Wildman–Crippen MR) is 121 cm³/mol. The quantitative estimate of drug-likeness (QED) is 0.254. The molecular formula is C19H22BrFN5O8P. The number of aromatic nitrogens is 3. The Bertz CT molecular complexity index is 1260. The molecule has 1 fully saturated rings. The summed E-state index contributed by atoms with van der Waals surface area (Å²) in [5.74, 6) is -0.343. The molecule has 16 heteroatoms. The highest BCUT2D eigenvalue weighted by Gasteiger charge is 2.57. The van der Waals surface area contributed by atoms with Gasteiger partial charge in [-0.25, -0.2) is 18.8 Å². The average Bonchev–Trinajstić information content (AvgIpc) is 3.01. The van der Waals surface area contributed by atoms with Gasteiger partial charge in [0, 0.05) is 37.0 Å². The lowest BCUT2D eigenvalue weighted by atomic mass is 10.1. The van der Waals surface area contributed by atoms with E-state index >= 15 is 4.39 Å². The van der Waals surface area contributed by atoms with Crippen LogP contribution in [0.1, 0.15) is 30.0 Å². The molecule has 190 valence electrons. The highest BCUT2D eigenvalue weighted by Crippen LogP contribution is 2.52. The number of hydrogen-bond donors (Lipinski definition) is 3. The number of rotatable bonds is 6. The number of nitrogens with two attached hydrogens (primary N) is 1. The van der Waals surface area contributed by atoms with Crippen LogP contribution in [0.5, 0.6) is 5.75 Å². The van der Waals surface area contributed by atoms with Gasteiger partial charge in [-0.1, -0.05) is 0 Å². The first-order valence-corrected chi connectivity index (χ1v) is 12.6. The first-order valence-electron chi connectivity index (χ1n) is 10.3. The smallest absolute Gasteiger partial charge is 0.459 e. The molecule has 1 saturated heterocycles. The normalized spacial score (nSPS) is 29.9. The number of carbonyl (C=O) groups is 1. The summed E-state index contributed by atoms with van der Waals surface area (Å²) >= 11 is 2.77. The Morgan fingerprint density at radius 3 is 2.97 bits per heavy atom. The SMILES string of the molecule is CC(=O)OCc1cnc(C)c2c1CNP(=O)(OC[C@H]1O[C@@H](n3ccc(N)nc3=O)[C@@](F)(Br)C1O)O2. The van der Waals surface area contributed by atoms with Crippen molar-refractivity contribution >= 4 is 35.5 Å². The number of ether oxygens (including phenoxy) is 2. The molecule has 0 spiro atoms. The molecule has 0 saturated carbocycles. The molecule has 4 N–H and O–H groups in total. The van der Waals surface area contributed by atoms with E-state index in [1.807, 2.05) is 0 Å². The minimum Gasteiger partial charge on any atom is -0.461 e. The van der Waals surface area contributed by atoms with E-state index in [9.17, 15) is 19.3 Å². The molecule has 2 aromatic heterocycles. The maximum Gasteiger partial charge on any atom is 0.459 e. The molecule has 0 aromatic carbocycles. The van der Waals surface area contributed by atoms with E-state index in [0.717, 1.165) is 4.57 Å². The van der Waals surface area contributed by atoms with Gasteiger partial charge < -0.3 is 24.8 Å². The molecule has 2 aliphatic rings. The highest BCUT2D eigenvalue weighted by molar-refractivity contribution is 9.10. The Morgan fingerprint density at radius 2 is 2.29 bits per heavy atom. The number of aryl methyl sites for hydroxylation is 1. The fourth-order valence-electron chi connectivity index (χ4n) is 3.58. The van der Waals surface area contributed by atoms with E-state index < -0.39 is 49.0 Å². The largest absolute Gasteiger partial charge is 0.461 e. The molecule has 0 aliphatic carbocycles. The van der Waals surface area contributed by atoms with Crippen LogP contribution < -0.4 is 21.0 Å². The zero-order chi connectivity index (χ0) is 25.5. The molecule has 13 nitrogen and oxygen atoms in total. The Kier molecular flexibility index (Phi) is 7.01. The van der Waals surface area contributed by atoms with Crippen molar-refractivity contribution in [1.82, 2.24) is 19.6 Å². The van der Waals surface area contributed by atoms with E-state index in [4.69, 9.17) is 24.3 Å². The highest BCUT2D eigenvalue weighted by atomic mass is 79.9. The van der Waals surface area contributed by atoms with Gasteiger partial charge in [0.1, 0.15) is 24.6 Å². The first kappa shape index (κ1) is 25.7. The summed E-state index contributed by atoms with van der Waals surface area (Å²) in [5.41, 5.74) is 6.14. The van der Waals surface area contributed by atoms with Crippen LogP contribution in [-0.2, 0) is 36.5 Å². The minimum atomic E-state index is -3.98. The van der Waals surface area contributed by atoms with Crippen LogP contribution in [-0.4, -0.2) is 49.0 Å². The van der Waals surface area contributed by atoms with Crippen LogP contribution in [0.4, 0.5) is 10.2 Å². The van der Waals surface area contributed by atoms with E-state index in [-0.39, 0.29) is 24.7 Å². The monoisotopic (exact) mass is 577 g/mol. The third kappa shape index (κ3) is 5.10. The summed E-state index contributed by atoms with van der Waals surface area (Å²) in [7, 11) is -3.98. The summed E-state index contributed by atoms with van der Waals surface area (Å²) in [6.45, 7) is 2.35. The van der Waals surface area contributed by atoms with E-state index in [1.54, 1.807) is 6.92 Å². The van der Waals surface area contributed by atoms with Crippen LogP contribution in [0, 0.1) is 6.92 Å². The fraction of sp³-hybridized carbons (Fsp3) is 0.474. The van der Waals surface area contributed by atoms with Crippen LogP contribution >= 0.6 is 23.7 Å². The number of carbonyl (C=O) groups excluding carboxylic acids is 1. The van der Waals surface area contributed by atoms with Crippen LogP contribution in [0.15, 0.2) is 23.3 Å². The topological polar surface area (TPSA) is 177 Å². The number of fused-ring (bicyclic) bond motifs is 1. The molecule has 0 radical (unpaired) electrons. The number of nitrogens with zero attached hydrogens (tertiary/aromatic N) is 3. The van der Waals surface area contributed by atoms with Crippen molar-refractivity contribution in [2.24, 2.45) is 0 Å². The van der Waals surface area contributed by atoms with Crippen LogP contribution in [0.25, 0.3) is 0 Å². The molecule has 4 rings (SSSR count). The third-order valence-corrected chi connectivity index (χ3v) is 7.71. The lowest BCUT2D eigenvalue weighted by Gasteiger charge is -2.29. The number of aliphatic hydroxyl groups excluding tert-OH is 1. The Balaban J connectivity index is 1.48. The second-order valence-electron chi connectivity index (χ2n) is 7.86. The first-order chi connectivity index (χ1) is 16.4. The van der Waals surface area contributed by atoms with Gasteiger partial charge in [-0.2, -0.15) is 4.98 Å². The zero-order valence-electron chi connectivity index (χ0n) is 18.5. The van der Waals surface area contributed by atoms with Gasteiger partial charge in [0.05, 0.1) is 12.3 Å². The maximum absolute atomic E-state index is 15.3. The van der Waals surface area contributed by atoms with E-state index in [2.05, 4.69) is 31.0 Å². The van der Waals surface area contributed by atoms with Gasteiger partial charge in [0.15, 0.2) is 12.0 Å². The fourth-order valence-corrected chi connectivity index (χ4v) is 5.59. The zero-order valence-corrected chi connectivity index (χ0v) is 21.0. The van der Waals surface area contributed by atoms with Gasteiger partial charge >= 0.3 is 19.4 Å². The van der Waals surface area contributed by atoms with E-state index in [1.165, 1.54) is 25.4 Å². The average molecular weight is 578 g/mol. The molecule has 2 unspecified atom stereocenters. The Hall–Kier alpha value is -2.42. The van der Waals surface area contributed by atoms with Crippen molar-refractivity contribution in [2.45, 2.75) is 50.0 Å². The van der Waals surface area contributed by atoms with Crippen molar-refractivity contribution < 1.29 is 37.4 Å². The molecule has 0 amide bonds. The summed E-state index contributed by atoms with van der Waals surface area (Å²) in [5, 5.41) is 13.1. The van der Waals surface area contributed by atoms with Crippen molar-refractivity contribution in [3.05, 3.63) is 45.8 Å². The lowest BCUT2D eigenvalue weighted by molar-refractivity contribution is -0.142. The maximum atomic E-state index is 15.3. The molecule has 0 bridgehead atoms. The summed E-state index contributed by atoms with van der Waals surface area (Å²) in [6, 6.07) is 1.27. The number of hydrogen-bond acceptors (Lipinski definition) is 11. The molecule has 2 aromatic rings. The summed E-state index contributed by atoms with van der Waals surface area (Å²) < 4.78 is 48.2. The van der Waals surface area contributed by atoms with Crippen molar-refractivity contribution in [3.8, 4) is 5.75 Å². The Labute approximate surface area is 206 Å². The minimum absolute atomic E-state index is 0.0429. The van der Waals surface area contributed by atoms with Gasteiger partial charge in [-0.05, 0) is 28.9 Å². The number of aliphatic hydroxyl groups is 1. The number of halogens is 2. The summed E-state index contributed by atoms with van der Waals surface area (Å²) in [6.07, 6.45) is -2.05. The van der Waals surface area contributed by atoms with Gasteiger partial charge in [-0.15, -0.1) is 0 Å². The molecular weight excluding hydrogens is 556 g/mol. The number of anilines is 1. The number of nitrogen functional groups attached to an aromatic ring is 1. The lowest BCUT2D eigenvalue weighted by Crippen LogP contribution is -2.40. The van der Waals surface area contributed by atoms with Crippen LogP contribution in [0.3, 0.4) is 0 Å². The molecule has 2 aliphatic heterocycles. The number of pyridine rings is 1. The number of esters is 1. The predicted octanol–water partition coefficient (Wildman–Crippen LogP) is 1.22. The third-order valence-electron chi connectivity index (χ3n) is 5.39. The standard InChI is InChI=1S/C19H22BrFN5O8P/c1-9-15-12(11(5-23-9)7-31-10(2)27)6-24-35(30,34-15)32-8-13-16(28)19(20,21)17(33-13)26-4-3-14(22)25-18(26)29/h3-5,13,16-17,28H,6-8H2,1-2H3,(H,24,30)(H2,22,25,29)/t13-,16?,17-,19-,35?/m1/s1. The van der Waals surface area contributed by atoms with Crippen molar-refractivity contribution in [3.63, 3.8) is 0 Å². The van der Waals surface area contributed by atoms with Gasteiger partial charge in [-0.3, -0.25) is 18.9 Å². The van der Waals surface area contributed by atoms with Crippen LogP contribution in [0.2, 0.25) is 0 Å². The molecule has 35 heavy (non-hydrogen) atoms. The van der Waals surface area contributed by atoms with E-state index in [0.29, 0.717) is 16.8 Å². The van der Waals surface area contributed by atoms with Crippen molar-refractivity contribution in [1.29, 1.82) is 0 Å². The summed E-state index contributed by atoms with van der Waals surface area (Å²) in [4.78, 5) is 31.0. The van der Waals surface area contributed by atoms with Gasteiger partial charge in [0.25, 0.3) is 0 Å².